The lowest BCUT2D eigenvalue weighted by molar-refractivity contribution is 0.0803. The zero-order chi connectivity index (χ0) is 19.2. The predicted octanol–water partition coefficient (Wildman–Crippen LogP) is 2.74. The van der Waals surface area contributed by atoms with Crippen molar-refractivity contribution >= 4 is 15.7 Å². The van der Waals surface area contributed by atoms with E-state index in [0.29, 0.717) is 12.3 Å². The largest absolute Gasteiger partial charge is 0.495 e. The van der Waals surface area contributed by atoms with E-state index in [9.17, 15) is 8.42 Å². The van der Waals surface area contributed by atoms with Gasteiger partial charge in [0.2, 0.25) is 10.0 Å². The smallest absolute Gasteiger partial charge is 0.246 e. The Kier molecular flexibility index (Phi) is 4.44. The second kappa shape index (κ2) is 6.65. The Hall–Kier alpha value is -2.38. The molecule has 0 radical (unpaired) electrons. The molecule has 0 bridgehead atoms. The van der Waals surface area contributed by atoms with Gasteiger partial charge in [-0.1, -0.05) is 35.5 Å². The highest BCUT2D eigenvalue weighted by Crippen LogP contribution is 2.36. The monoisotopic (exact) mass is 386 g/mol. The van der Waals surface area contributed by atoms with Crippen LogP contribution >= 0.6 is 0 Å². The average molecular weight is 386 g/mol. The average Bonchev–Trinajstić information content (AvgIpc) is 3.23. The van der Waals surface area contributed by atoms with E-state index in [1.54, 1.807) is 18.2 Å². The fourth-order valence-electron chi connectivity index (χ4n) is 3.73. The number of fused-ring (bicyclic) bond motifs is 1. The molecule has 2 atom stereocenters. The van der Waals surface area contributed by atoms with Crippen molar-refractivity contribution < 1.29 is 18.0 Å². The van der Waals surface area contributed by atoms with E-state index < -0.39 is 10.0 Å². The second-order valence-electron chi connectivity index (χ2n) is 7.02. The number of ether oxygens (including phenoxy) is 1. The number of hydrogen-bond donors (Lipinski definition) is 0. The Morgan fingerprint density at radius 1 is 1.15 bits per heavy atom. The van der Waals surface area contributed by atoms with Crippen LogP contribution < -0.4 is 4.74 Å². The first-order valence-electron chi connectivity index (χ1n) is 8.86. The van der Waals surface area contributed by atoms with Crippen LogP contribution in [-0.4, -0.2) is 44.7 Å². The molecule has 2 aromatic carbocycles. The lowest BCUT2D eigenvalue weighted by atomic mass is 9.92. The molecule has 0 saturated carbocycles. The minimum absolute atomic E-state index is 0.0719. The standard InChI is InChI=1S/C20H22N2O4S/c1-13-8-9-19(17(10-13)25-3)27(23,24)22-11-16-18(12-22)26-21-20(16)15-7-5-4-6-14(15)2/h4-10,16,18H,11-12H2,1-3H3. The summed E-state index contributed by atoms with van der Waals surface area (Å²) in [6.45, 7) is 4.55. The van der Waals surface area contributed by atoms with Crippen molar-refractivity contribution in [3.63, 3.8) is 0 Å². The molecule has 0 spiro atoms. The molecule has 0 N–H and O–H groups in total. The van der Waals surface area contributed by atoms with Crippen molar-refractivity contribution in [1.82, 2.24) is 4.31 Å². The molecule has 2 aliphatic rings. The van der Waals surface area contributed by atoms with Gasteiger partial charge in [0.05, 0.1) is 25.3 Å². The predicted molar refractivity (Wildman–Crippen MR) is 103 cm³/mol. The number of methoxy groups -OCH3 is 1. The normalized spacial score (nSPS) is 22.3. The Balaban J connectivity index is 1.64. The van der Waals surface area contributed by atoms with Gasteiger partial charge in [-0.15, -0.1) is 0 Å². The third kappa shape index (κ3) is 3.00. The highest BCUT2D eigenvalue weighted by molar-refractivity contribution is 7.89. The van der Waals surface area contributed by atoms with Gasteiger partial charge in [0, 0.05) is 12.1 Å². The quantitative estimate of drug-likeness (QED) is 0.810. The first-order chi connectivity index (χ1) is 12.9. The van der Waals surface area contributed by atoms with Gasteiger partial charge in [-0.2, -0.15) is 4.31 Å². The van der Waals surface area contributed by atoms with Crippen LogP contribution in [-0.2, 0) is 14.9 Å². The zero-order valence-electron chi connectivity index (χ0n) is 15.5. The van der Waals surface area contributed by atoms with Crippen LogP contribution in [0.25, 0.3) is 0 Å². The molecule has 1 fully saturated rings. The lowest BCUT2D eigenvalue weighted by Gasteiger charge is -2.19. The lowest BCUT2D eigenvalue weighted by Crippen LogP contribution is -2.31. The van der Waals surface area contributed by atoms with Gasteiger partial charge < -0.3 is 9.57 Å². The summed E-state index contributed by atoms with van der Waals surface area (Å²) in [6.07, 6.45) is -0.258. The molecule has 2 heterocycles. The summed E-state index contributed by atoms with van der Waals surface area (Å²) in [7, 11) is -2.20. The molecule has 0 amide bonds. The molecule has 6 nitrogen and oxygen atoms in total. The van der Waals surface area contributed by atoms with Gasteiger partial charge >= 0.3 is 0 Å². The van der Waals surface area contributed by atoms with Crippen molar-refractivity contribution in [3.8, 4) is 5.75 Å². The van der Waals surface area contributed by atoms with E-state index in [-0.39, 0.29) is 23.5 Å². The molecule has 2 aromatic rings. The summed E-state index contributed by atoms with van der Waals surface area (Å²) in [5, 5.41) is 4.26. The number of sulfonamides is 1. The molecule has 4 rings (SSSR count). The third-order valence-electron chi connectivity index (χ3n) is 5.23. The fraction of sp³-hybridized carbons (Fsp3) is 0.350. The first kappa shape index (κ1) is 18.0. The number of oxime groups is 1. The highest BCUT2D eigenvalue weighted by atomic mass is 32.2. The molecule has 2 aliphatic heterocycles. The van der Waals surface area contributed by atoms with Crippen LogP contribution in [0.3, 0.4) is 0 Å². The summed E-state index contributed by atoms with van der Waals surface area (Å²) < 4.78 is 33.2. The van der Waals surface area contributed by atoms with Gasteiger partial charge in [0.1, 0.15) is 10.6 Å². The third-order valence-corrected chi connectivity index (χ3v) is 7.10. The molecule has 1 saturated heterocycles. The van der Waals surface area contributed by atoms with Crippen molar-refractivity contribution in [2.75, 3.05) is 20.2 Å². The molecular formula is C20H22N2O4S. The van der Waals surface area contributed by atoms with Gasteiger partial charge in [-0.3, -0.25) is 0 Å². The van der Waals surface area contributed by atoms with E-state index in [0.717, 1.165) is 22.4 Å². The highest BCUT2D eigenvalue weighted by Gasteiger charge is 2.47. The summed E-state index contributed by atoms with van der Waals surface area (Å²) in [5.74, 6) is 0.290. The Labute approximate surface area is 159 Å². The number of benzene rings is 2. The van der Waals surface area contributed by atoms with Crippen LogP contribution in [0.2, 0.25) is 0 Å². The summed E-state index contributed by atoms with van der Waals surface area (Å²) in [4.78, 5) is 5.77. The van der Waals surface area contributed by atoms with Crippen molar-refractivity contribution in [1.29, 1.82) is 0 Å². The molecule has 0 aromatic heterocycles. The minimum atomic E-state index is -3.68. The molecule has 7 heteroatoms. The van der Waals surface area contributed by atoms with E-state index in [2.05, 4.69) is 5.16 Å². The number of aryl methyl sites for hydroxylation is 2. The zero-order valence-corrected chi connectivity index (χ0v) is 16.4. The molecule has 27 heavy (non-hydrogen) atoms. The molecule has 142 valence electrons. The Morgan fingerprint density at radius 3 is 2.67 bits per heavy atom. The topological polar surface area (TPSA) is 68.2 Å². The van der Waals surface area contributed by atoms with Crippen molar-refractivity contribution in [2.45, 2.75) is 24.8 Å². The summed E-state index contributed by atoms with van der Waals surface area (Å²) in [6, 6.07) is 13.1. The van der Waals surface area contributed by atoms with Crippen LogP contribution in [0.4, 0.5) is 0 Å². The van der Waals surface area contributed by atoms with E-state index >= 15 is 0 Å². The van der Waals surface area contributed by atoms with Gasteiger partial charge in [0.25, 0.3) is 0 Å². The second-order valence-corrected chi connectivity index (χ2v) is 8.92. The van der Waals surface area contributed by atoms with Crippen molar-refractivity contribution in [3.05, 3.63) is 59.2 Å². The van der Waals surface area contributed by atoms with Crippen LogP contribution in [0.1, 0.15) is 16.7 Å². The van der Waals surface area contributed by atoms with Gasteiger partial charge in [0.15, 0.2) is 6.10 Å². The maximum atomic E-state index is 13.2. The SMILES string of the molecule is COc1cc(C)ccc1S(=O)(=O)N1CC2ON=C(c3ccccc3C)C2C1. The fourth-order valence-corrected chi connectivity index (χ4v) is 5.35. The number of nitrogens with zero attached hydrogens (tertiary/aromatic N) is 2. The molecular weight excluding hydrogens is 364 g/mol. The maximum absolute atomic E-state index is 13.2. The Bertz CT molecular complexity index is 1020. The minimum Gasteiger partial charge on any atom is -0.495 e. The maximum Gasteiger partial charge on any atom is 0.246 e. The van der Waals surface area contributed by atoms with Crippen LogP contribution in [0, 0.1) is 19.8 Å². The van der Waals surface area contributed by atoms with Crippen molar-refractivity contribution in [2.24, 2.45) is 11.1 Å². The van der Waals surface area contributed by atoms with Gasteiger partial charge in [-0.25, -0.2) is 8.42 Å². The molecule has 0 aliphatic carbocycles. The first-order valence-corrected chi connectivity index (χ1v) is 10.3. The Morgan fingerprint density at radius 2 is 1.93 bits per heavy atom. The van der Waals surface area contributed by atoms with Crippen LogP contribution in [0.5, 0.6) is 5.75 Å². The summed E-state index contributed by atoms with van der Waals surface area (Å²) in [5.41, 5.74) is 3.88. The van der Waals surface area contributed by atoms with E-state index in [1.807, 2.05) is 38.1 Å². The number of rotatable bonds is 4. The number of hydrogen-bond acceptors (Lipinski definition) is 5. The van der Waals surface area contributed by atoms with E-state index in [4.69, 9.17) is 9.57 Å². The van der Waals surface area contributed by atoms with Gasteiger partial charge in [-0.05, 0) is 37.1 Å². The van der Waals surface area contributed by atoms with Crippen LogP contribution in [0.15, 0.2) is 52.5 Å². The molecule has 2 unspecified atom stereocenters. The summed E-state index contributed by atoms with van der Waals surface area (Å²) >= 11 is 0. The van der Waals surface area contributed by atoms with E-state index in [1.165, 1.54) is 11.4 Å².